The van der Waals surface area contributed by atoms with Gasteiger partial charge >= 0.3 is 0 Å². The molecule has 23 heavy (non-hydrogen) atoms. The molecule has 3 rings (SSSR count). The van der Waals surface area contributed by atoms with Gasteiger partial charge in [-0.15, -0.1) is 0 Å². The van der Waals surface area contributed by atoms with Gasteiger partial charge in [0, 0.05) is 16.3 Å². The van der Waals surface area contributed by atoms with Gasteiger partial charge in [0.25, 0.3) is 11.8 Å². The largest absolute Gasteiger partial charge is 0.744 e. The lowest BCUT2D eigenvalue weighted by Gasteiger charge is -2.28. The minimum Gasteiger partial charge on any atom is -0.744 e. The summed E-state index contributed by atoms with van der Waals surface area (Å²) in [6.07, 6.45) is 0. The van der Waals surface area contributed by atoms with E-state index in [0.29, 0.717) is 0 Å². The first kappa shape index (κ1) is 15.4. The summed E-state index contributed by atoms with van der Waals surface area (Å²) >= 11 is 0. The van der Waals surface area contributed by atoms with Crippen LogP contribution in [0.5, 0.6) is 0 Å². The van der Waals surface area contributed by atoms with E-state index < -0.39 is 33.4 Å². The van der Waals surface area contributed by atoms with Crippen LogP contribution in [0.4, 0.5) is 5.69 Å². The van der Waals surface area contributed by atoms with Gasteiger partial charge in [-0.2, -0.15) is 0 Å². The highest BCUT2D eigenvalue weighted by atomic mass is 32.2. The van der Waals surface area contributed by atoms with Crippen LogP contribution in [-0.4, -0.2) is 47.9 Å². The Morgan fingerprint density at radius 1 is 1.17 bits per heavy atom. The molecule has 0 unspecified atom stereocenters. The Labute approximate surface area is 130 Å². The van der Waals surface area contributed by atoms with E-state index in [4.69, 9.17) is 10.8 Å². The summed E-state index contributed by atoms with van der Waals surface area (Å²) in [6.45, 7) is -0.611. The molecule has 9 heteroatoms. The van der Waals surface area contributed by atoms with Gasteiger partial charge in [0.05, 0.1) is 29.3 Å². The van der Waals surface area contributed by atoms with Crippen molar-refractivity contribution in [3.63, 3.8) is 0 Å². The molecule has 1 aliphatic heterocycles. The Kier molecular flexibility index (Phi) is 3.36. The third-order valence-electron chi connectivity index (χ3n) is 3.67. The highest BCUT2D eigenvalue weighted by Gasteiger charge is 2.34. The molecule has 2 aromatic carbocycles. The summed E-state index contributed by atoms with van der Waals surface area (Å²) in [7, 11) is -4.89. The molecule has 0 saturated heterocycles. The molecule has 1 aliphatic rings. The number of aliphatic hydroxyl groups is 1. The topological polar surface area (TPSA) is 141 Å². The van der Waals surface area contributed by atoms with Crippen LogP contribution in [0.3, 0.4) is 0 Å². The summed E-state index contributed by atoms with van der Waals surface area (Å²) in [4.78, 5) is 25.0. The van der Waals surface area contributed by atoms with E-state index in [0.717, 1.165) is 11.0 Å². The van der Waals surface area contributed by atoms with Crippen LogP contribution in [0.15, 0.2) is 29.2 Å². The third kappa shape index (κ3) is 2.17. The third-order valence-corrected chi connectivity index (χ3v) is 4.62. The lowest BCUT2D eigenvalue weighted by atomic mass is 9.93. The molecule has 0 aliphatic carbocycles. The van der Waals surface area contributed by atoms with Crippen LogP contribution < -0.4 is 5.73 Å². The van der Waals surface area contributed by atoms with Crippen molar-refractivity contribution in [1.82, 2.24) is 4.90 Å². The number of β-amino-alcohol motifs (C(OH)–C–C–N with tert-alkyl or cyclic N) is 1. The number of nitrogen functional groups attached to an aromatic ring is 1. The summed E-state index contributed by atoms with van der Waals surface area (Å²) in [5.74, 6) is -1.37. The van der Waals surface area contributed by atoms with Gasteiger partial charge in [-0.1, -0.05) is 12.1 Å². The summed E-state index contributed by atoms with van der Waals surface area (Å²) in [5, 5.41) is 9.04. The maximum Gasteiger partial charge on any atom is 0.261 e. The smallest absolute Gasteiger partial charge is 0.261 e. The van der Waals surface area contributed by atoms with E-state index in [1.807, 2.05) is 0 Å². The maximum absolute atomic E-state index is 12.4. The molecule has 1 heterocycles. The fraction of sp³-hybridized carbons (Fsp3) is 0.143. The first-order valence-corrected chi connectivity index (χ1v) is 7.96. The molecule has 0 bridgehead atoms. The molecule has 2 amide bonds. The van der Waals surface area contributed by atoms with Crippen molar-refractivity contribution in [1.29, 1.82) is 0 Å². The number of rotatable bonds is 3. The second-order valence-corrected chi connectivity index (χ2v) is 6.33. The van der Waals surface area contributed by atoms with E-state index in [9.17, 15) is 22.6 Å². The van der Waals surface area contributed by atoms with Crippen LogP contribution in [0.1, 0.15) is 20.7 Å². The van der Waals surface area contributed by atoms with Gasteiger partial charge in [0.15, 0.2) is 0 Å². The number of hydrogen-bond donors (Lipinski definition) is 2. The maximum atomic E-state index is 12.4. The van der Waals surface area contributed by atoms with E-state index in [1.54, 1.807) is 0 Å². The van der Waals surface area contributed by atoms with E-state index >= 15 is 0 Å². The first-order chi connectivity index (χ1) is 10.8. The van der Waals surface area contributed by atoms with Crippen molar-refractivity contribution < 1.29 is 27.7 Å². The highest BCUT2D eigenvalue weighted by molar-refractivity contribution is 7.86. The molecule has 8 nitrogen and oxygen atoms in total. The Hall–Kier alpha value is -2.49. The summed E-state index contributed by atoms with van der Waals surface area (Å²) in [6, 6.07) is 5.23. The van der Waals surface area contributed by atoms with Crippen molar-refractivity contribution in [2.24, 2.45) is 0 Å². The number of anilines is 1. The Morgan fingerprint density at radius 3 is 2.43 bits per heavy atom. The van der Waals surface area contributed by atoms with Gasteiger partial charge in [-0.05, 0) is 12.1 Å². The minimum absolute atomic E-state index is 0.0218. The zero-order valence-electron chi connectivity index (χ0n) is 11.6. The number of benzene rings is 2. The lowest BCUT2D eigenvalue weighted by Crippen LogP contribution is -2.42. The molecule has 0 radical (unpaired) electrons. The van der Waals surface area contributed by atoms with Crippen molar-refractivity contribution in [2.75, 3.05) is 18.9 Å². The number of imide groups is 1. The van der Waals surface area contributed by atoms with Crippen molar-refractivity contribution >= 4 is 38.4 Å². The van der Waals surface area contributed by atoms with Gasteiger partial charge in [0.1, 0.15) is 10.1 Å². The number of hydrogen-bond acceptors (Lipinski definition) is 7. The molecule has 2 aromatic rings. The highest BCUT2D eigenvalue weighted by Crippen LogP contribution is 2.37. The average molecular weight is 335 g/mol. The second kappa shape index (κ2) is 5.01. The number of carbonyl (C=O) groups is 2. The predicted octanol–water partition coefficient (Wildman–Crippen LogP) is -0.0856. The lowest BCUT2D eigenvalue weighted by molar-refractivity contribution is 0.0580. The Balaban J connectivity index is 2.46. The zero-order chi connectivity index (χ0) is 16.9. The quantitative estimate of drug-likeness (QED) is 0.454. The number of amides is 2. The molecule has 0 spiro atoms. The fourth-order valence-electron chi connectivity index (χ4n) is 2.79. The Bertz CT molecular complexity index is 967. The summed E-state index contributed by atoms with van der Waals surface area (Å²) in [5.41, 5.74) is 5.40. The molecular formula is C14H11N2O6S-. The van der Waals surface area contributed by atoms with Gasteiger partial charge < -0.3 is 15.4 Å². The van der Waals surface area contributed by atoms with E-state index in [2.05, 4.69) is 0 Å². The molecule has 0 atom stereocenters. The Morgan fingerprint density at radius 2 is 1.83 bits per heavy atom. The van der Waals surface area contributed by atoms with Crippen LogP contribution in [0.25, 0.3) is 10.8 Å². The van der Waals surface area contributed by atoms with E-state index in [-0.39, 0.29) is 34.1 Å². The number of carbonyl (C=O) groups excluding carboxylic acids is 2. The molecule has 120 valence electrons. The van der Waals surface area contributed by atoms with Crippen LogP contribution in [0, 0.1) is 0 Å². The van der Waals surface area contributed by atoms with Gasteiger partial charge in [-0.3, -0.25) is 14.5 Å². The van der Waals surface area contributed by atoms with Crippen molar-refractivity contribution in [3.8, 4) is 0 Å². The molecule has 0 fully saturated rings. The van der Waals surface area contributed by atoms with Crippen LogP contribution >= 0.6 is 0 Å². The molecule has 0 aromatic heterocycles. The van der Waals surface area contributed by atoms with Crippen molar-refractivity contribution in [2.45, 2.75) is 4.90 Å². The summed E-state index contributed by atoms with van der Waals surface area (Å²) < 4.78 is 34.4. The van der Waals surface area contributed by atoms with Gasteiger partial charge in [0.2, 0.25) is 0 Å². The van der Waals surface area contributed by atoms with E-state index in [1.165, 1.54) is 18.2 Å². The standard InChI is InChI=1S/C14H12N2O6S/c15-10-6-9-11-7(12(10)23(20,21)22)2-1-3-8(11)13(18)16(4-5-17)14(9)19/h1-3,6,17H,4-5,15H2,(H,20,21,22)/p-1. The zero-order valence-corrected chi connectivity index (χ0v) is 12.5. The molecule has 0 saturated carbocycles. The molecular weight excluding hydrogens is 324 g/mol. The number of nitrogens with two attached hydrogens (primary N) is 1. The first-order valence-electron chi connectivity index (χ1n) is 6.55. The monoisotopic (exact) mass is 335 g/mol. The number of aliphatic hydroxyl groups excluding tert-OH is 1. The molecule has 3 N–H and O–H groups in total. The predicted molar refractivity (Wildman–Crippen MR) is 78.8 cm³/mol. The van der Waals surface area contributed by atoms with Crippen LogP contribution in [0.2, 0.25) is 0 Å². The second-order valence-electron chi connectivity index (χ2n) is 5.01. The van der Waals surface area contributed by atoms with Crippen molar-refractivity contribution in [3.05, 3.63) is 35.4 Å². The number of nitrogens with zero attached hydrogens (tertiary/aromatic N) is 1. The normalized spacial score (nSPS) is 14.6. The fourth-order valence-corrected chi connectivity index (χ4v) is 3.58. The van der Waals surface area contributed by atoms with Gasteiger partial charge in [-0.25, -0.2) is 8.42 Å². The van der Waals surface area contributed by atoms with Crippen LogP contribution in [-0.2, 0) is 10.1 Å². The minimum atomic E-state index is -4.89. The average Bonchev–Trinajstić information content (AvgIpc) is 2.47. The SMILES string of the molecule is Nc1cc2c3c(cccc3c1S(=O)(=O)[O-])C(=O)N(CCO)C2=O.